The fourth-order valence-electron chi connectivity index (χ4n) is 4.08. The number of methoxy groups -OCH3 is 1. The van der Waals surface area contributed by atoms with Gasteiger partial charge in [-0.3, -0.25) is 4.79 Å². The standard InChI is InChI=1S/C24H21F3N4O2S/c1-30-23(27)20(21(29-30)22(25)26)24(32)31(13-10-11-13)12-17-19(14-6-3-4-8-16(14)34-17)15-7-5-9-18(28-15)33-2/h3-9,13,22H,10-12H2,1-2H3. The number of carbonyl (C=O) groups is 1. The summed E-state index contributed by atoms with van der Waals surface area (Å²) < 4.78 is 48.8. The zero-order valence-corrected chi connectivity index (χ0v) is 19.3. The summed E-state index contributed by atoms with van der Waals surface area (Å²) in [6, 6.07) is 13.1. The van der Waals surface area contributed by atoms with Gasteiger partial charge in [-0.1, -0.05) is 24.3 Å². The van der Waals surface area contributed by atoms with Crippen LogP contribution in [-0.2, 0) is 13.6 Å². The van der Waals surface area contributed by atoms with Gasteiger partial charge in [-0.25, -0.2) is 18.4 Å². The van der Waals surface area contributed by atoms with E-state index in [0.717, 1.165) is 33.4 Å². The van der Waals surface area contributed by atoms with Gasteiger partial charge in [0, 0.05) is 39.7 Å². The molecule has 1 fully saturated rings. The Hall–Kier alpha value is -3.40. The van der Waals surface area contributed by atoms with Crippen LogP contribution in [0, 0.1) is 5.95 Å². The van der Waals surface area contributed by atoms with Gasteiger partial charge in [-0.2, -0.15) is 9.49 Å². The number of rotatable bonds is 7. The van der Waals surface area contributed by atoms with Gasteiger partial charge in [0.1, 0.15) is 11.3 Å². The lowest BCUT2D eigenvalue weighted by molar-refractivity contribution is 0.0714. The lowest BCUT2D eigenvalue weighted by atomic mass is 10.1. The summed E-state index contributed by atoms with van der Waals surface area (Å²) in [5.74, 6) is -1.38. The highest BCUT2D eigenvalue weighted by atomic mass is 32.1. The van der Waals surface area contributed by atoms with Gasteiger partial charge in [-0.15, -0.1) is 11.3 Å². The molecule has 1 aliphatic carbocycles. The maximum Gasteiger partial charge on any atom is 0.283 e. The second-order valence-electron chi connectivity index (χ2n) is 8.10. The van der Waals surface area contributed by atoms with Crippen molar-refractivity contribution in [2.75, 3.05) is 7.11 Å². The van der Waals surface area contributed by atoms with Crippen LogP contribution in [0.2, 0.25) is 0 Å². The van der Waals surface area contributed by atoms with E-state index in [1.165, 1.54) is 30.4 Å². The summed E-state index contributed by atoms with van der Waals surface area (Å²) in [6.07, 6.45) is -1.60. The third-order valence-electron chi connectivity index (χ3n) is 5.84. The number of thiophene rings is 1. The Morgan fingerprint density at radius 2 is 2.00 bits per heavy atom. The van der Waals surface area contributed by atoms with E-state index in [0.29, 0.717) is 16.3 Å². The molecule has 34 heavy (non-hydrogen) atoms. The van der Waals surface area contributed by atoms with Gasteiger partial charge in [0.05, 0.1) is 19.3 Å². The molecule has 0 aliphatic heterocycles. The van der Waals surface area contributed by atoms with Gasteiger partial charge < -0.3 is 9.64 Å². The number of nitrogens with zero attached hydrogens (tertiary/aromatic N) is 4. The number of aromatic nitrogens is 3. The minimum absolute atomic E-state index is 0.144. The van der Waals surface area contributed by atoms with Crippen LogP contribution < -0.4 is 4.74 Å². The van der Waals surface area contributed by atoms with Crippen molar-refractivity contribution < 1.29 is 22.7 Å². The second kappa shape index (κ2) is 8.75. The Bertz CT molecular complexity index is 1380. The lowest BCUT2D eigenvalue weighted by Crippen LogP contribution is -2.33. The first-order valence-corrected chi connectivity index (χ1v) is 11.5. The van der Waals surface area contributed by atoms with Gasteiger partial charge >= 0.3 is 0 Å². The molecule has 0 saturated heterocycles. The van der Waals surface area contributed by atoms with Crippen LogP contribution in [0.3, 0.4) is 0 Å². The molecule has 0 N–H and O–H groups in total. The van der Waals surface area contributed by atoms with Crippen LogP contribution in [0.4, 0.5) is 13.2 Å². The van der Waals surface area contributed by atoms with Crippen molar-refractivity contribution in [3.05, 3.63) is 64.5 Å². The zero-order chi connectivity index (χ0) is 24.0. The maximum atomic E-state index is 14.7. The topological polar surface area (TPSA) is 60.2 Å². The highest BCUT2D eigenvalue weighted by molar-refractivity contribution is 7.19. The van der Waals surface area contributed by atoms with Crippen molar-refractivity contribution in [2.45, 2.75) is 31.9 Å². The summed E-state index contributed by atoms with van der Waals surface area (Å²) in [6.45, 7) is 0.147. The zero-order valence-electron chi connectivity index (χ0n) is 18.5. The minimum atomic E-state index is -3.06. The number of halogens is 3. The SMILES string of the molecule is COc1cccc(-c2c(CN(C(=O)c3c(C(F)F)nn(C)c3F)C3CC3)sc3ccccc23)n1. The second-order valence-corrected chi connectivity index (χ2v) is 9.24. The van der Waals surface area contributed by atoms with Crippen molar-refractivity contribution >= 4 is 27.3 Å². The van der Waals surface area contributed by atoms with Crippen molar-refractivity contribution in [2.24, 2.45) is 7.05 Å². The van der Waals surface area contributed by atoms with Gasteiger partial charge in [-0.05, 0) is 25.0 Å². The molecule has 6 nitrogen and oxygen atoms in total. The van der Waals surface area contributed by atoms with E-state index in [1.807, 2.05) is 36.4 Å². The third-order valence-corrected chi connectivity index (χ3v) is 7.00. The average molecular weight is 487 g/mol. The van der Waals surface area contributed by atoms with E-state index in [4.69, 9.17) is 4.74 Å². The first-order chi connectivity index (χ1) is 16.4. The molecule has 1 aromatic carbocycles. The number of alkyl halides is 2. The van der Waals surface area contributed by atoms with E-state index < -0.39 is 29.5 Å². The summed E-state index contributed by atoms with van der Waals surface area (Å²) in [5, 5.41) is 4.51. The fraction of sp³-hybridized carbons (Fsp3) is 0.292. The van der Waals surface area contributed by atoms with Crippen LogP contribution in [0.5, 0.6) is 5.88 Å². The molecule has 1 aliphatic rings. The van der Waals surface area contributed by atoms with Crippen LogP contribution >= 0.6 is 11.3 Å². The molecular formula is C24H21F3N4O2S. The number of fused-ring (bicyclic) bond motifs is 1. The van der Waals surface area contributed by atoms with Crippen molar-refractivity contribution in [1.82, 2.24) is 19.7 Å². The number of aryl methyl sites for hydroxylation is 1. The summed E-state index contributed by atoms with van der Waals surface area (Å²) in [5.41, 5.74) is 0.0303. The van der Waals surface area contributed by atoms with E-state index in [2.05, 4.69) is 10.1 Å². The van der Waals surface area contributed by atoms with Gasteiger partial charge in [0.2, 0.25) is 11.8 Å². The van der Waals surface area contributed by atoms with Crippen LogP contribution in [0.1, 0.15) is 40.2 Å². The van der Waals surface area contributed by atoms with E-state index in [1.54, 1.807) is 6.07 Å². The molecule has 10 heteroatoms. The number of hydrogen-bond acceptors (Lipinski definition) is 5. The van der Waals surface area contributed by atoms with Crippen LogP contribution in [-0.4, -0.2) is 38.7 Å². The number of amides is 1. The van der Waals surface area contributed by atoms with E-state index >= 15 is 0 Å². The average Bonchev–Trinajstić information content (AvgIpc) is 3.54. The summed E-state index contributed by atoms with van der Waals surface area (Å²) in [4.78, 5) is 20.3. The molecule has 176 valence electrons. The quantitative estimate of drug-likeness (QED) is 0.342. The molecular weight excluding hydrogens is 465 g/mol. The third kappa shape index (κ3) is 3.91. The lowest BCUT2D eigenvalue weighted by Gasteiger charge is -2.22. The molecule has 0 unspecified atom stereocenters. The molecule has 3 heterocycles. The van der Waals surface area contributed by atoms with Crippen LogP contribution in [0.15, 0.2) is 42.5 Å². The first kappa shape index (κ1) is 22.4. The fourth-order valence-corrected chi connectivity index (χ4v) is 5.29. The first-order valence-electron chi connectivity index (χ1n) is 10.7. The molecule has 1 saturated carbocycles. The molecule has 0 atom stereocenters. The summed E-state index contributed by atoms with van der Waals surface area (Å²) in [7, 11) is 2.74. The maximum absolute atomic E-state index is 14.7. The number of benzene rings is 1. The molecule has 0 spiro atoms. The smallest absolute Gasteiger partial charge is 0.283 e. The van der Waals surface area contributed by atoms with Crippen molar-refractivity contribution in [1.29, 1.82) is 0 Å². The van der Waals surface area contributed by atoms with E-state index in [-0.39, 0.29) is 12.6 Å². The van der Waals surface area contributed by atoms with Gasteiger partial charge in [0.25, 0.3) is 12.3 Å². The van der Waals surface area contributed by atoms with Crippen molar-refractivity contribution in [3.8, 4) is 17.1 Å². The predicted molar refractivity (Wildman–Crippen MR) is 123 cm³/mol. The van der Waals surface area contributed by atoms with Crippen LogP contribution in [0.25, 0.3) is 21.3 Å². The Labute approximate surface area is 197 Å². The highest BCUT2D eigenvalue weighted by Gasteiger charge is 2.39. The largest absolute Gasteiger partial charge is 0.481 e. The molecule has 5 rings (SSSR count). The molecule has 4 aromatic rings. The molecule has 0 radical (unpaired) electrons. The summed E-state index contributed by atoms with van der Waals surface area (Å²) >= 11 is 1.50. The van der Waals surface area contributed by atoms with Gasteiger partial charge in [0.15, 0.2) is 0 Å². The monoisotopic (exact) mass is 486 g/mol. The minimum Gasteiger partial charge on any atom is -0.481 e. The highest BCUT2D eigenvalue weighted by Crippen LogP contribution is 2.41. The Balaban J connectivity index is 1.60. The molecule has 3 aromatic heterocycles. The Morgan fingerprint density at radius 3 is 2.71 bits per heavy atom. The number of hydrogen-bond donors (Lipinski definition) is 0. The number of ether oxygens (including phenoxy) is 1. The molecule has 1 amide bonds. The predicted octanol–water partition coefficient (Wildman–Crippen LogP) is 5.59. The van der Waals surface area contributed by atoms with Crippen molar-refractivity contribution in [3.63, 3.8) is 0 Å². The normalized spacial score (nSPS) is 13.6. The Morgan fingerprint density at radius 1 is 1.24 bits per heavy atom. The number of pyridine rings is 1. The van der Waals surface area contributed by atoms with E-state index in [9.17, 15) is 18.0 Å². The molecule has 0 bridgehead atoms. The Kier molecular flexibility index (Phi) is 5.76. The number of carbonyl (C=O) groups excluding carboxylic acids is 1.